The number of imidazole rings is 1. The summed E-state index contributed by atoms with van der Waals surface area (Å²) < 4.78 is 28.1. The van der Waals surface area contributed by atoms with Crippen LogP contribution in [0.25, 0.3) is 0 Å². The standard InChI is InChI=1S/C12H19N3O4S/c1-8-4-5-10(12(16)17)6-15(8)20(18,19)11-7-14(3)9(2)13-11/h7-8,10H,4-6H2,1-3H3,(H,16,17). The van der Waals surface area contributed by atoms with Crippen LogP contribution in [0.1, 0.15) is 25.6 Å². The van der Waals surface area contributed by atoms with Gasteiger partial charge < -0.3 is 9.67 Å². The fraction of sp³-hybridized carbons (Fsp3) is 0.667. The van der Waals surface area contributed by atoms with Crippen LogP contribution in [0.5, 0.6) is 0 Å². The molecule has 0 radical (unpaired) electrons. The van der Waals surface area contributed by atoms with Gasteiger partial charge in [0.05, 0.1) is 5.92 Å². The fourth-order valence-corrected chi connectivity index (χ4v) is 4.12. The van der Waals surface area contributed by atoms with Crippen molar-refractivity contribution in [3.05, 3.63) is 12.0 Å². The molecule has 2 rings (SSSR count). The Kier molecular flexibility index (Phi) is 3.88. The lowest BCUT2D eigenvalue weighted by Crippen LogP contribution is -2.47. The SMILES string of the molecule is Cc1nc(S(=O)(=O)N2CC(C(=O)O)CCC2C)cn1C. The van der Waals surface area contributed by atoms with Crippen molar-refractivity contribution in [2.24, 2.45) is 13.0 Å². The molecule has 0 bridgehead atoms. The number of rotatable bonds is 3. The maximum Gasteiger partial charge on any atom is 0.307 e. The molecule has 0 amide bonds. The van der Waals surface area contributed by atoms with Crippen LogP contribution in [0.3, 0.4) is 0 Å². The van der Waals surface area contributed by atoms with E-state index >= 15 is 0 Å². The van der Waals surface area contributed by atoms with Crippen molar-refractivity contribution in [1.82, 2.24) is 13.9 Å². The number of nitrogens with zero attached hydrogens (tertiary/aromatic N) is 3. The Balaban J connectivity index is 2.34. The van der Waals surface area contributed by atoms with Gasteiger partial charge in [-0.05, 0) is 26.7 Å². The molecule has 1 aromatic rings. The Morgan fingerprint density at radius 1 is 1.45 bits per heavy atom. The smallest absolute Gasteiger partial charge is 0.307 e. The zero-order valence-electron chi connectivity index (χ0n) is 11.8. The second-order valence-corrected chi connectivity index (χ2v) is 7.11. The summed E-state index contributed by atoms with van der Waals surface area (Å²) in [7, 11) is -2.02. The third-order valence-corrected chi connectivity index (χ3v) is 5.69. The van der Waals surface area contributed by atoms with Crippen LogP contribution >= 0.6 is 0 Å². The van der Waals surface area contributed by atoms with Gasteiger partial charge in [0, 0.05) is 25.8 Å². The summed E-state index contributed by atoms with van der Waals surface area (Å²) in [5.74, 6) is -0.997. The minimum atomic E-state index is -3.74. The van der Waals surface area contributed by atoms with E-state index in [0.29, 0.717) is 18.7 Å². The van der Waals surface area contributed by atoms with Crippen LogP contribution in [0, 0.1) is 12.8 Å². The number of carboxylic acids is 1. The number of hydrogen-bond acceptors (Lipinski definition) is 4. The van der Waals surface area contributed by atoms with E-state index in [-0.39, 0.29) is 17.6 Å². The van der Waals surface area contributed by atoms with Crippen LogP contribution in [-0.2, 0) is 21.9 Å². The summed E-state index contributed by atoms with van der Waals surface area (Å²) in [6.45, 7) is 3.53. The summed E-state index contributed by atoms with van der Waals surface area (Å²) in [5, 5.41) is 9.07. The van der Waals surface area contributed by atoms with Gasteiger partial charge in [0.15, 0.2) is 5.03 Å². The molecule has 1 aliphatic rings. The number of aliphatic carboxylic acids is 1. The van der Waals surface area contributed by atoms with Crippen molar-refractivity contribution < 1.29 is 18.3 Å². The fourth-order valence-electron chi connectivity index (χ4n) is 2.38. The molecule has 2 atom stereocenters. The van der Waals surface area contributed by atoms with E-state index in [1.165, 1.54) is 10.5 Å². The normalized spacial score (nSPS) is 24.8. The number of carboxylic acid groups (broad SMARTS) is 1. The Labute approximate surface area is 118 Å². The van der Waals surface area contributed by atoms with E-state index in [0.717, 1.165) is 0 Å². The predicted molar refractivity (Wildman–Crippen MR) is 71.7 cm³/mol. The number of aryl methyl sites for hydroxylation is 2. The van der Waals surface area contributed by atoms with Crippen molar-refractivity contribution >= 4 is 16.0 Å². The molecule has 2 heterocycles. The van der Waals surface area contributed by atoms with Gasteiger partial charge in [-0.1, -0.05) is 0 Å². The van der Waals surface area contributed by atoms with E-state index in [1.54, 1.807) is 25.5 Å². The summed E-state index contributed by atoms with van der Waals surface area (Å²) in [6, 6.07) is -0.210. The first-order valence-corrected chi connectivity index (χ1v) is 7.92. The lowest BCUT2D eigenvalue weighted by Gasteiger charge is -2.34. The molecule has 112 valence electrons. The molecule has 0 spiro atoms. The third-order valence-electron chi connectivity index (χ3n) is 3.83. The molecular formula is C12H19N3O4S. The van der Waals surface area contributed by atoms with Crippen molar-refractivity contribution in [1.29, 1.82) is 0 Å². The average molecular weight is 301 g/mol. The Hall–Kier alpha value is -1.41. The maximum atomic E-state index is 12.6. The largest absolute Gasteiger partial charge is 0.481 e. The van der Waals surface area contributed by atoms with Crippen LogP contribution in [0.15, 0.2) is 11.2 Å². The highest BCUT2D eigenvalue weighted by molar-refractivity contribution is 7.89. The number of carbonyl (C=O) groups is 1. The molecule has 0 saturated carbocycles. The molecule has 0 aromatic carbocycles. The molecule has 8 heteroatoms. The third kappa shape index (κ3) is 2.57. The van der Waals surface area contributed by atoms with Gasteiger partial charge in [0.2, 0.25) is 0 Å². The lowest BCUT2D eigenvalue weighted by atomic mass is 9.96. The zero-order valence-corrected chi connectivity index (χ0v) is 12.6. The van der Waals surface area contributed by atoms with Crippen molar-refractivity contribution in [2.75, 3.05) is 6.54 Å². The van der Waals surface area contributed by atoms with E-state index in [4.69, 9.17) is 5.11 Å². The summed E-state index contributed by atoms with van der Waals surface area (Å²) in [6.07, 6.45) is 2.51. The van der Waals surface area contributed by atoms with E-state index in [9.17, 15) is 13.2 Å². The maximum absolute atomic E-state index is 12.6. The van der Waals surface area contributed by atoms with E-state index < -0.39 is 21.9 Å². The molecule has 1 aliphatic heterocycles. The van der Waals surface area contributed by atoms with Gasteiger partial charge in [0.25, 0.3) is 10.0 Å². The average Bonchev–Trinajstić information content (AvgIpc) is 2.70. The highest BCUT2D eigenvalue weighted by atomic mass is 32.2. The van der Waals surface area contributed by atoms with E-state index in [1.807, 2.05) is 0 Å². The van der Waals surface area contributed by atoms with Crippen molar-refractivity contribution in [2.45, 2.75) is 37.8 Å². The Morgan fingerprint density at radius 2 is 2.10 bits per heavy atom. The number of piperidine rings is 1. The molecule has 1 aromatic heterocycles. The van der Waals surface area contributed by atoms with Crippen molar-refractivity contribution in [3.63, 3.8) is 0 Å². The second kappa shape index (κ2) is 5.17. The summed E-state index contributed by atoms with van der Waals surface area (Å²) in [5.41, 5.74) is 0. The first kappa shape index (κ1) is 15.0. The molecule has 1 saturated heterocycles. The van der Waals surface area contributed by atoms with Gasteiger partial charge >= 0.3 is 5.97 Å². The molecule has 1 fully saturated rings. The van der Waals surface area contributed by atoms with Gasteiger partial charge in [-0.15, -0.1) is 0 Å². The van der Waals surface area contributed by atoms with Gasteiger partial charge in [-0.3, -0.25) is 4.79 Å². The molecular weight excluding hydrogens is 282 g/mol. The van der Waals surface area contributed by atoms with E-state index in [2.05, 4.69) is 4.98 Å². The molecule has 7 nitrogen and oxygen atoms in total. The molecule has 1 N–H and O–H groups in total. The first-order chi connectivity index (χ1) is 9.23. The topological polar surface area (TPSA) is 92.5 Å². The quantitative estimate of drug-likeness (QED) is 0.882. The number of hydrogen-bond donors (Lipinski definition) is 1. The highest BCUT2D eigenvalue weighted by Crippen LogP contribution is 2.27. The molecule has 0 aliphatic carbocycles. The Bertz CT molecular complexity index is 603. The van der Waals surface area contributed by atoms with Crippen LogP contribution in [0.4, 0.5) is 0 Å². The summed E-state index contributed by atoms with van der Waals surface area (Å²) >= 11 is 0. The minimum Gasteiger partial charge on any atom is -0.481 e. The van der Waals surface area contributed by atoms with Gasteiger partial charge in [-0.25, -0.2) is 13.4 Å². The highest BCUT2D eigenvalue weighted by Gasteiger charge is 2.38. The molecule has 20 heavy (non-hydrogen) atoms. The lowest BCUT2D eigenvalue weighted by molar-refractivity contribution is -0.143. The second-order valence-electron chi connectivity index (χ2n) is 5.27. The predicted octanol–water partition coefficient (Wildman–Crippen LogP) is 0.602. The number of sulfonamides is 1. The monoisotopic (exact) mass is 301 g/mol. The van der Waals surface area contributed by atoms with Crippen LogP contribution in [-0.4, -0.2) is 45.9 Å². The first-order valence-electron chi connectivity index (χ1n) is 6.48. The van der Waals surface area contributed by atoms with Gasteiger partial charge in [-0.2, -0.15) is 4.31 Å². The Morgan fingerprint density at radius 3 is 2.60 bits per heavy atom. The zero-order chi connectivity index (χ0) is 15.1. The molecule has 2 unspecified atom stereocenters. The van der Waals surface area contributed by atoms with Gasteiger partial charge in [0.1, 0.15) is 5.82 Å². The van der Waals surface area contributed by atoms with Crippen molar-refractivity contribution in [3.8, 4) is 0 Å². The summed E-state index contributed by atoms with van der Waals surface area (Å²) in [4.78, 5) is 15.1. The van der Waals surface area contributed by atoms with Crippen LogP contribution < -0.4 is 0 Å². The number of aromatic nitrogens is 2. The van der Waals surface area contributed by atoms with Crippen LogP contribution in [0.2, 0.25) is 0 Å². The minimum absolute atomic E-state index is 0.00839.